The van der Waals surface area contributed by atoms with E-state index in [-0.39, 0.29) is 12.5 Å². The highest BCUT2D eigenvalue weighted by Gasteiger charge is 2.42. The maximum atomic E-state index is 11.7. The summed E-state index contributed by atoms with van der Waals surface area (Å²) in [5.41, 5.74) is 5.78. The first-order valence-corrected chi connectivity index (χ1v) is 8.90. The topological polar surface area (TPSA) is 99.9 Å². The molecule has 136 valence electrons. The van der Waals surface area contributed by atoms with Crippen LogP contribution in [-0.2, 0) is 5.60 Å². The van der Waals surface area contributed by atoms with Crippen molar-refractivity contribution in [3.8, 4) is 0 Å². The van der Waals surface area contributed by atoms with E-state index in [1.807, 2.05) is 24.3 Å². The van der Waals surface area contributed by atoms with Crippen LogP contribution in [0.5, 0.6) is 0 Å². The van der Waals surface area contributed by atoms with Crippen LogP contribution in [0.3, 0.4) is 0 Å². The molecular formula is C19H26N2O4. The van der Waals surface area contributed by atoms with Gasteiger partial charge in [0.1, 0.15) is 5.58 Å². The molecule has 25 heavy (non-hydrogen) atoms. The maximum Gasteiger partial charge on any atom is 0.314 e. The standard InChI is InChI=1S/C19H26N2O4/c20-18(23)21-10-4-6-15(13-21)19(24,9-1-2-11-22)16-7-3-5-14-8-12-25-17(14)16/h3,5,7-8,12,15,22,24H,1-2,4,6,9-11,13H2,(H2,20,23)/t15-,19+/m1/s1. The molecular weight excluding hydrogens is 320 g/mol. The molecule has 0 aliphatic carbocycles. The van der Waals surface area contributed by atoms with Gasteiger partial charge < -0.3 is 25.3 Å². The lowest BCUT2D eigenvalue weighted by Crippen LogP contribution is -2.49. The summed E-state index contributed by atoms with van der Waals surface area (Å²) >= 11 is 0. The zero-order valence-corrected chi connectivity index (χ0v) is 14.4. The molecule has 4 N–H and O–H groups in total. The van der Waals surface area contributed by atoms with Gasteiger partial charge in [0.05, 0.1) is 11.9 Å². The zero-order chi connectivity index (χ0) is 17.9. The first-order valence-electron chi connectivity index (χ1n) is 8.90. The fourth-order valence-corrected chi connectivity index (χ4v) is 3.97. The molecule has 1 aliphatic rings. The van der Waals surface area contributed by atoms with Crippen molar-refractivity contribution < 1.29 is 19.4 Å². The Morgan fingerprint density at radius 2 is 2.20 bits per heavy atom. The van der Waals surface area contributed by atoms with Gasteiger partial charge in [0, 0.05) is 36.6 Å². The number of aliphatic hydroxyl groups excluding tert-OH is 1. The fourth-order valence-electron chi connectivity index (χ4n) is 3.97. The number of hydrogen-bond acceptors (Lipinski definition) is 4. The average molecular weight is 346 g/mol. The number of aliphatic hydroxyl groups is 2. The van der Waals surface area contributed by atoms with Crippen molar-refractivity contribution in [1.82, 2.24) is 4.90 Å². The number of amides is 2. The minimum absolute atomic E-state index is 0.0963. The number of benzene rings is 1. The molecule has 1 aliphatic heterocycles. The fraction of sp³-hybridized carbons (Fsp3) is 0.526. The normalized spacial score (nSPS) is 20.6. The molecule has 2 atom stereocenters. The average Bonchev–Trinajstić information content (AvgIpc) is 3.10. The van der Waals surface area contributed by atoms with Crippen LogP contribution >= 0.6 is 0 Å². The highest BCUT2D eigenvalue weighted by atomic mass is 16.3. The summed E-state index contributed by atoms with van der Waals surface area (Å²) in [7, 11) is 0. The van der Waals surface area contributed by atoms with Crippen molar-refractivity contribution >= 4 is 17.0 Å². The largest absolute Gasteiger partial charge is 0.464 e. The number of para-hydroxylation sites is 1. The Morgan fingerprint density at radius 1 is 1.36 bits per heavy atom. The summed E-state index contributed by atoms with van der Waals surface area (Å²) in [5, 5.41) is 21.8. The molecule has 3 rings (SSSR count). The van der Waals surface area contributed by atoms with Gasteiger partial charge in [0.15, 0.2) is 0 Å². The molecule has 6 nitrogen and oxygen atoms in total. The minimum atomic E-state index is -1.12. The van der Waals surface area contributed by atoms with E-state index < -0.39 is 11.6 Å². The third-order valence-electron chi connectivity index (χ3n) is 5.32. The summed E-state index contributed by atoms with van der Waals surface area (Å²) < 4.78 is 5.65. The molecule has 0 unspecified atom stereocenters. The number of likely N-dealkylation sites (tertiary alicyclic amines) is 1. The number of urea groups is 1. The molecule has 1 aromatic heterocycles. The summed E-state index contributed by atoms with van der Waals surface area (Å²) in [6, 6.07) is 7.20. The summed E-state index contributed by atoms with van der Waals surface area (Å²) in [6.07, 6.45) is 5.07. The Kier molecular flexibility index (Phi) is 5.30. The van der Waals surface area contributed by atoms with Crippen LogP contribution in [0.15, 0.2) is 34.9 Å². The molecule has 0 bridgehead atoms. The Bertz CT molecular complexity index is 729. The van der Waals surface area contributed by atoms with Crippen molar-refractivity contribution in [2.45, 2.75) is 37.7 Å². The monoisotopic (exact) mass is 346 g/mol. The van der Waals surface area contributed by atoms with Gasteiger partial charge >= 0.3 is 6.03 Å². The maximum absolute atomic E-state index is 11.7. The summed E-state index contributed by atoms with van der Waals surface area (Å²) in [5.74, 6) is -0.122. The molecule has 0 saturated carbocycles. The predicted molar refractivity (Wildman–Crippen MR) is 94.9 cm³/mol. The van der Waals surface area contributed by atoms with E-state index in [0.29, 0.717) is 37.9 Å². The number of fused-ring (bicyclic) bond motifs is 1. The van der Waals surface area contributed by atoms with Gasteiger partial charge in [-0.25, -0.2) is 4.79 Å². The molecule has 2 heterocycles. The van der Waals surface area contributed by atoms with E-state index in [0.717, 1.165) is 23.8 Å². The first-order chi connectivity index (χ1) is 12.1. The lowest BCUT2D eigenvalue weighted by molar-refractivity contribution is -0.0551. The van der Waals surface area contributed by atoms with Crippen molar-refractivity contribution in [3.05, 3.63) is 36.1 Å². The van der Waals surface area contributed by atoms with Gasteiger partial charge in [0.2, 0.25) is 0 Å². The van der Waals surface area contributed by atoms with Crippen LogP contribution < -0.4 is 5.73 Å². The number of furan rings is 1. The van der Waals surface area contributed by atoms with Crippen molar-refractivity contribution in [2.75, 3.05) is 19.7 Å². The predicted octanol–water partition coefficient (Wildman–Crippen LogP) is 2.57. The number of rotatable bonds is 6. The van der Waals surface area contributed by atoms with E-state index in [1.54, 1.807) is 11.2 Å². The number of piperidine rings is 1. The van der Waals surface area contributed by atoms with Crippen LogP contribution in [0.2, 0.25) is 0 Å². The molecule has 2 amide bonds. The lowest BCUT2D eigenvalue weighted by Gasteiger charge is -2.42. The molecule has 0 radical (unpaired) electrons. The van der Waals surface area contributed by atoms with E-state index in [9.17, 15) is 9.90 Å². The Hall–Kier alpha value is -2.05. The van der Waals surface area contributed by atoms with Crippen LogP contribution in [-0.4, -0.2) is 40.8 Å². The molecule has 6 heteroatoms. The quantitative estimate of drug-likeness (QED) is 0.700. The zero-order valence-electron chi connectivity index (χ0n) is 14.4. The van der Waals surface area contributed by atoms with Crippen LogP contribution in [0, 0.1) is 5.92 Å². The number of nitrogens with zero attached hydrogens (tertiary/aromatic N) is 1. The van der Waals surface area contributed by atoms with Gasteiger partial charge in [-0.05, 0) is 38.2 Å². The second-order valence-electron chi connectivity index (χ2n) is 6.87. The van der Waals surface area contributed by atoms with Gasteiger partial charge in [-0.15, -0.1) is 0 Å². The van der Waals surface area contributed by atoms with Crippen LogP contribution in [0.4, 0.5) is 4.79 Å². The Balaban J connectivity index is 1.98. The van der Waals surface area contributed by atoms with E-state index >= 15 is 0 Å². The van der Waals surface area contributed by atoms with Crippen molar-refractivity contribution in [2.24, 2.45) is 11.7 Å². The van der Waals surface area contributed by atoms with Gasteiger partial charge in [0.25, 0.3) is 0 Å². The number of carbonyl (C=O) groups is 1. The molecule has 0 spiro atoms. The van der Waals surface area contributed by atoms with Crippen molar-refractivity contribution in [1.29, 1.82) is 0 Å². The molecule has 1 fully saturated rings. The number of hydrogen-bond donors (Lipinski definition) is 3. The highest BCUT2D eigenvalue weighted by molar-refractivity contribution is 5.81. The van der Waals surface area contributed by atoms with Crippen molar-refractivity contribution in [3.63, 3.8) is 0 Å². The van der Waals surface area contributed by atoms with Crippen LogP contribution in [0.1, 0.15) is 37.7 Å². The SMILES string of the molecule is NC(=O)N1CCC[C@@H]([C@@](O)(CCCCO)c2cccc3ccoc23)C1. The summed E-state index contributed by atoms with van der Waals surface area (Å²) in [6.45, 7) is 1.16. The van der Waals surface area contributed by atoms with E-state index in [2.05, 4.69) is 0 Å². The number of unbranched alkanes of at least 4 members (excludes halogenated alkanes) is 1. The molecule has 1 saturated heterocycles. The second-order valence-corrected chi connectivity index (χ2v) is 6.87. The molecule has 2 aromatic rings. The van der Waals surface area contributed by atoms with E-state index in [4.69, 9.17) is 15.3 Å². The third kappa shape index (κ3) is 3.50. The third-order valence-corrected chi connectivity index (χ3v) is 5.32. The second kappa shape index (κ2) is 7.45. The highest BCUT2D eigenvalue weighted by Crippen LogP contribution is 2.42. The first kappa shape index (κ1) is 17.8. The van der Waals surface area contributed by atoms with E-state index in [1.165, 1.54) is 0 Å². The van der Waals surface area contributed by atoms with Gasteiger partial charge in [-0.1, -0.05) is 18.2 Å². The number of primary amides is 1. The lowest BCUT2D eigenvalue weighted by atomic mass is 9.73. The van der Waals surface area contributed by atoms with Crippen LogP contribution in [0.25, 0.3) is 11.0 Å². The number of carbonyl (C=O) groups excluding carboxylic acids is 1. The Morgan fingerprint density at radius 3 is 2.96 bits per heavy atom. The van der Waals surface area contributed by atoms with Gasteiger partial charge in [-0.3, -0.25) is 0 Å². The Labute approximate surface area is 147 Å². The summed E-state index contributed by atoms with van der Waals surface area (Å²) in [4.78, 5) is 13.2. The molecule has 1 aromatic carbocycles. The van der Waals surface area contributed by atoms with Gasteiger partial charge in [-0.2, -0.15) is 0 Å². The smallest absolute Gasteiger partial charge is 0.314 e. The number of nitrogens with two attached hydrogens (primary N) is 1. The minimum Gasteiger partial charge on any atom is -0.464 e.